The van der Waals surface area contributed by atoms with Crippen molar-refractivity contribution in [3.05, 3.63) is 34.8 Å². The normalized spacial score (nSPS) is 13.7. The predicted molar refractivity (Wildman–Crippen MR) is 96.2 cm³/mol. The van der Waals surface area contributed by atoms with E-state index in [-0.39, 0.29) is 5.91 Å². The molecule has 2 heterocycles. The van der Waals surface area contributed by atoms with Gasteiger partial charge in [-0.05, 0) is 48.6 Å². The Hall–Kier alpha value is -2.81. The third-order valence-corrected chi connectivity index (χ3v) is 4.69. The summed E-state index contributed by atoms with van der Waals surface area (Å²) in [5.74, 6) is -0.938. The maximum atomic E-state index is 12.0. The minimum atomic E-state index is -0.602. The summed E-state index contributed by atoms with van der Waals surface area (Å²) in [6, 6.07) is 6.98. The van der Waals surface area contributed by atoms with Crippen molar-refractivity contribution >= 4 is 40.7 Å². The van der Waals surface area contributed by atoms with E-state index in [2.05, 4.69) is 14.9 Å². The molecule has 1 saturated heterocycles. The topological polar surface area (TPSA) is 101 Å². The van der Waals surface area contributed by atoms with Gasteiger partial charge in [0.05, 0.1) is 5.69 Å². The van der Waals surface area contributed by atoms with E-state index in [1.54, 1.807) is 29.2 Å². The van der Waals surface area contributed by atoms with Crippen molar-refractivity contribution in [3.63, 3.8) is 0 Å². The highest BCUT2D eigenvalue weighted by molar-refractivity contribution is 7.07. The molecule has 1 aromatic carbocycles. The number of aromatic nitrogens is 2. The summed E-state index contributed by atoms with van der Waals surface area (Å²) in [5, 5.41) is 6.49. The molecule has 1 aliphatic heterocycles. The van der Waals surface area contributed by atoms with Gasteiger partial charge in [0.15, 0.2) is 11.5 Å². The fraction of sp³-hybridized carbons (Fsp3) is 0.353. The van der Waals surface area contributed by atoms with Crippen LogP contribution in [0.25, 0.3) is 0 Å². The zero-order valence-corrected chi connectivity index (χ0v) is 15.0. The molecular formula is C17H18N4O4S. The van der Waals surface area contributed by atoms with Crippen LogP contribution in [0.2, 0.25) is 0 Å². The molecular weight excluding hydrogens is 356 g/mol. The van der Waals surface area contributed by atoms with Crippen LogP contribution in [0, 0.1) is 0 Å². The molecule has 0 saturated carbocycles. The van der Waals surface area contributed by atoms with Gasteiger partial charge in [0.1, 0.15) is 0 Å². The lowest BCUT2D eigenvalue weighted by Crippen LogP contribution is -2.23. The molecule has 0 bridgehead atoms. The van der Waals surface area contributed by atoms with Crippen molar-refractivity contribution in [2.75, 3.05) is 23.4 Å². The number of carbonyl (C=O) groups excluding carboxylic acids is 3. The Balaban J connectivity index is 1.52. The summed E-state index contributed by atoms with van der Waals surface area (Å²) in [6.07, 6.45) is 2.00. The Morgan fingerprint density at radius 1 is 1.31 bits per heavy atom. The van der Waals surface area contributed by atoms with E-state index in [1.165, 1.54) is 0 Å². The molecule has 0 unspecified atom stereocenters. The van der Waals surface area contributed by atoms with Gasteiger partial charge in [-0.25, -0.2) is 4.79 Å². The first-order valence-electron chi connectivity index (χ1n) is 8.27. The maximum absolute atomic E-state index is 12.0. The van der Waals surface area contributed by atoms with Gasteiger partial charge < -0.3 is 15.0 Å². The molecule has 2 aromatic rings. The molecule has 9 heteroatoms. The van der Waals surface area contributed by atoms with Crippen molar-refractivity contribution in [1.82, 2.24) is 9.59 Å². The average molecular weight is 374 g/mol. The van der Waals surface area contributed by atoms with Gasteiger partial charge in [-0.1, -0.05) is 11.4 Å². The van der Waals surface area contributed by atoms with Crippen molar-refractivity contribution in [2.45, 2.75) is 26.2 Å². The van der Waals surface area contributed by atoms with E-state index >= 15 is 0 Å². The third kappa shape index (κ3) is 4.05. The van der Waals surface area contributed by atoms with Crippen LogP contribution in [0.1, 0.15) is 35.1 Å². The van der Waals surface area contributed by atoms with Crippen LogP contribution < -0.4 is 10.2 Å². The van der Waals surface area contributed by atoms with E-state index in [9.17, 15) is 14.4 Å². The number of nitrogens with one attached hydrogen (secondary N) is 1. The Kier molecular flexibility index (Phi) is 5.57. The fourth-order valence-corrected chi connectivity index (χ4v) is 3.28. The molecule has 1 fully saturated rings. The van der Waals surface area contributed by atoms with Crippen LogP contribution in [0.15, 0.2) is 24.3 Å². The minimum absolute atomic E-state index is 0.109. The lowest BCUT2D eigenvalue weighted by Gasteiger charge is -2.16. The van der Waals surface area contributed by atoms with E-state index in [0.29, 0.717) is 35.6 Å². The third-order valence-electron chi connectivity index (χ3n) is 3.95. The Labute approximate surface area is 154 Å². The molecule has 0 spiro atoms. The first-order chi connectivity index (χ1) is 12.6. The number of amides is 2. The zero-order chi connectivity index (χ0) is 18.5. The highest BCUT2D eigenvalue weighted by Gasteiger charge is 2.21. The van der Waals surface area contributed by atoms with Crippen LogP contribution in [-0.4, -0.2) is 40.5 Å². The van der Waals surface area contributed by atoms with E-state index < -0.39 is 18.5 Å². The number of anilines is 2. The van der Waals surface area contributed by atoms with Crippen molar-refractivity contribution in [3.8, 4) is 0 Å². The predicted octanol–water partition coefficient (Wildman–Crippen LogP) is 2.02. The first-order valence-corrected chi connectivity index (χ1v) is 9.04. The van der Waals surface area contributed by atoms with E-state index in [4.69, 9.17) is 4.74 Å². The quantitative estimate of drug-likeness (QED) is 0.776. The molecule has 1 aliphatic rings. The number of carbonyl (C=O) groups is 3. The number of esters is 1. The molecule has 1 aromatic heterocycles. The molecule has 2 amide bonds. The summed E-state index contributed by atoms with van der Waals surface area (Å²) >= 11 is 0.952. The van der Waals surface area contributed by atoms with Crippen LogP contribution >= 0.6 is 11.5 Å². The second-order valence-corrected chi connectivity index (χ2v) is 6.48. The summed E-state index contributed by atoms with van der Waals surface area (Å²) in [5.41, 5.74) is 1.93. The summed E-state index contributed by atoms with van der Waals surface area (Å²) < 4.78 is 8.73. The highest BCUT2D eigenvalue weighted by atomic mass is 32.1. The van der Waals surface area contributed by atoms with Crippen molar-refractivity contribution in [1.29, 1.82) is 0 Å². The lowest BCUT2D eigenvalue weighted by atomic mass is 10.2. The van der Waals surface area contributed by atoms with Gasteiger partial charge >= 0.3 is 5.97 Å². The molecule has 0 radical (unpaired) electrons. The van der Waals surface area contributed by atoms with Gasteiger partial charge in [0.25, 0.3) is 5.91 Å². The largest absolute Gasteiger partial charge is 0.451 e. The highest BCUT2D eigenvalue weighted by Crippen LogP contribution is 2.23. The first kappa shape index (κ1) is 18.0. The molecule has 8 nitrogen and oxygen atoms in total. The molecule has 26 heavy (non-hydrogen) atoms. The van der Waals surface area contributed by atoms with Crippen LogP contribution in [-0.2, 0) is 20.7 Å². The number of hydrogen-bond acceptors (Lipinski definition) is 7. The number of ether oxygens (including phenoxy) is 1. The lowest BCUT2D eigenvalue weighted by molar-refractivity contribution is -0.119. The summed E-state index contributed by atoms with van der Waals surface area (Å²) in [6.45, 7) is 2.18. The number of benzene rings is 1. The average Bonchev–Trinajstić information content (AvgIpc) is 3.29. The Bertz CT molecular complexity index is 818. The SMILES string of the molecule is CCc1nnsc1C(=O)OCC(=O)Nc1ccc(N2CCCC2=O)cc1. The summed E-state index contributed by atoms with van der Waals surface area (Å²) in [7, 11) is 0. The van der Waals surface area contributed by atoms with E-state index in [0.717, 1.165) is 23.6 Å². The minimum Gasteiger partial charge on any atom is -0.451 e. The Morgan fingerprint density at radius 3 is 2.73 bits per heavy atom. The maximum Gasteiger partial charge on any atom is 0.352 e. The zero-order valence-electron chi connectivity index (χ0n) is 14.2. The van der Waals surface area contributed by atoms with Crippen LogP contribution in [0.5, 0.6) is 0 Å². The molecule has 3 rings (SSSR count). The number of nitrogens with zero attached hydrogens (tertiary/aromatic N) is 3. The monoisotopic (exact) mass is 374 g/mol. The van der Waals surface area contributed by atoms with Crippen LogP contribution in [0.4, 0.5) is 11.4 Å². The Morgan fingerprint density at radius 2 is 2.08 bits per heavy atom. The molecule has 1 N–H and O–H groups in total. The number of aryl methyl sites for hydroxylation is 1. The van der Waals surface area contributed by atoms with Gasteiger partial charge in [-0.2, -0.15) is 0 Å². The van der Waals surface area contributed by atoms with Gasteiger partial charge in [-0.3, -0.25) is 9.59 Å². The number of rotatable bonds is 6. The standard InChI is InChI=1S/C17H18N4O4S/c1-2-13-16(26-20-19-13)17(24)25-10-14(22)18-11-5-7-12(8-6-11)21-9-3-4-15(21)23/h5-8H,2-4,9-10H2,1H3,(H,18,22). The van der Waals surface area contributed by atoms with Crippen molar-refractivity contribution < 1.29 is 19.1 Å². The van der Waals surface area contributed by atoms with Crippen molar-refractivity contribution in [2.24, 2.45) is 0 Å². The second kappa shape index (κ2) is 8.05. The molecule has 0 aliphatic carbocycles. The van der Waals surface area contributed by atoms with Gasteiger partial charge in [0.2, 0.25) is 5.91 Å². The number of hydrogen-bond donors (Lipinski definition) is 1. The van der Waals surface area contributed by atoms with Gasteiger partial charge in [-0.15, -0.1) is 5.10 Å². The van der Waals surface area contributed by atoms with Gasteiger partial charge in [0, 0.05) is 24.3 Å². The fourth-order valence-electron chi connectivity index (χ4n) is 2.63. The smallest absolute Gasteiger partial charge is 0.352 e. The molecule has 136 valence electrons. The van der Waals surface area contributed by atoms with E-state index in [1.807, 2.05) is 6.92 Å². The van der Waals surface area contributed by atoms with Crippen LogP contribution in [0.3, 0.4) is 0 Å². The molecule has 0 atom stereocenters. The summed E-state index contributed by atoms with van der Waals surface area (Å²) in [4.78, 5) is 37.7. The second-order valence-electron chi connectivity index (χ2n) is 5.72.